The molecule has 0 aromatic carbocycles. The number of carbonyl (C=O) groups excluding carboxylic acids is 1. The number of rotatable bonds is 0. The van der Waals surface area contributed by atoms with Crippen molar-refractivity contribution >= 4 is 5.97 Å². The molecule has 6 heteroatoms. The van der Waals surface area contributed by atoms with Crippen molar-refractivity contribution < 1.29 is 30.0 Å². The Kier molecular flexibility index (Phi) is 15.1. The van der Waals surface area contributed by atoms with Gasteiger partial charge in [-0.15, -0.1) is 0 Å². The standard InChI is InChI=1S/C24H44O6/c1-19-16-23(28)18-21(26)13-11-9-7-5-3-2-4-6-8-10-12-20(25)17-22(27)14-15-24(29)30-19/h14-15,19-23,25-28H,2-13,16-18H2,1H3/t19-,20+,21+,22-,23+/m1/s1. The second-order valence-corrected chi connectivity index (χ2v) is 8.96. The maximum absolute atomic E-state index is 11.9. The highest BCUT2D eigenvalue weighted by atomic mass is 16.5. The molecular formula is C24H44O6. The summed E-state index contributed by atoms with van der Waals surface area (Å²) in [5.74, 6) is -0.585. The molecular weight excluding hydrogens is 384 g/mol. The first-order chi connectivity index (χ1) is 14.4. The number of aliphatic hydroxyl groups is 4. The minimum Gasteiger partial charge on any atom is -0.459 e. The molecule has 1 heterocycles. The fraction of sp³-hybridized carbons (Fsp3) is 0.875. The third-order valence-corrected chi connectivity index (χ3v) is 5.76. The second-order valence-electron chi connectivity index (χ2n) is 8.96. The van der Waals surface area contributed by atoms with Crippen LogP contribution in [0.4, 0.5) is 0 Å². The van der Waals surface area contributed by atoms with Crippen molar-refractivity contribution in [3.05, 3.63) is 12.2 Å². The van der Waals surface area contributed by atoms with Gasteiger partial charge in [0.15, 0.2) is 0 Å². The van der Waals surface area contributed by atoms with Crippen LogP contribution in [0.3, 0.4) is 0 Å². The van der Waals surface area contributed by atoms with Gasteiger partial charge in [-0.05, 0) is 32.3 Å². The van der Waals surface area contributed by atoms with Gasteiger partial charge in [-0.25, -0.2) is 4.79 Å². The summed E-state index contributed by atoms with van der Waals surface area (Å²) in [5, 5.41) is 40.3. The highest BCUT2D eigenvalue weighted by molar-refractivity contribution is 5.82. The molecule has 6 nitrogen and oxygen atoms in total. The van der Waals surface area contributed by atoms with E-state index >= 15 is 0 Å². The lowest BCUT2D eigenvalue weighted by atomic mass is 10.00. The van der Waals surface area contributed by atoms with Crippen molar-refractivity contribution in [2.24, 2.45) is 0 Å². The summed E-state index contributed by atoms with van der Waals surface area (Å²) < 4.78 is 5.23. The SMILES string of the molecule is C[C@@H]1C[C@H](O)C[C@@H](O)CCCCCCCCCCCC[C@H](O)C[C@H](O)C=CC(=O)O1. The molecule has 5 atom stereocenters. The number of esters is 1. The van der Waals surface area contributed by atoms with Crippen molar-refractivity contribution in [3.8, 4) is 0 Å². The summed E-state index contributed by atoms with van der Waals surface area (Å²) in [6.45, 7) is 1.70. The van der Waals surface area contributed by atoms with Gasteiger partial charge in [0.2, 0.25) is 0 Å². The number of ether oxygens (including phenoxy) is 1. The van der Waals surface area contributed by atoms with Crippen LogP contribution >= 0.6 is 0 Å². The van der Waals surface area contributed by atoms with Gasteiger partial charge in [-0.1, -0.05) is 64.2 Å². The van der Waals surface area contributed by atoms with Crippen LogP contribution in [-0.4, -0.2) is 56.9 Å². The van der Waals surface area contributed by atoms with Crippen LogP contribution in [0.5, 0.6) is 0 Å². The Morgan fingerprint density at radius 3 is 1.70 bits per heavy atom. The van der Waals surface area contributed by atoms with Gasteiger partial charge in [-0.2, -0.15) is 0 Å². The normalized spacial score (nSPS) is 33.4. The first-order valence-electron chi connectivity index (χ1n) is 12.0. The maximum atomic E-state index is 11.9. The van der Waals surface area contributed by atoms with Crippen LogP contribution in [0.15, 0.2) is 12.2 Å². The zero-order valence-corrected chi connectivity index (χ0v) is 18.8. The highest BCUT2D eigenvalue weighted by Crippen LogP contribution is 2.16. The molecule has 0 saturated carbocycles. The van der Waals surface area contributed by atoms with Crippen LogP contribution in [0, 0.1) is 0 Å². The van der Waals surface area contributed by atoms with E-state index in [9.17, 15) is 25.2 Å². The smallest absolute Gasteiger partial charge is 0.330 e. The molecule has 0 amide bonds. The number of hydrogen-bond acceptors (Lipinski definition) is 6. The third-order valence-electron chi connectivity index (χ3n) is 5.76. The lowest BCUT2D eigenvalue weighted by Gasteiger charge is -2.19. The topological polar surface area (TPSA) is 107 Å². The van der Waals surface area contributed by atoms with Gasteiger partial charge in [0, 0.05) is 18.9 Å². The quantitative estimate of drug-likeness (QED) is 0.437. The van der Waals surface area contributed by atoms with E-state index < -0.39 is 36.5 Å². The van der Waals surface area contributed by atoms with Gasteiger partial charge >= 0.3 is 5.97 Å². The van der Waals surface area contributed by atoms with Gasteiger partial charge in [0.05, 0.1) is 24.4 Å². The Bertz CT molecular complexity index is 467. The zero-order valence-electron chi connectivity index (χ0n) is 18.8. The Labute approximate surface area is 182 Å². The molecule has 4 N–H and O–H groups in total. The average Bonchev–Trinajstić information content (AvgIpc) is 2.66. The molecule has 0 bridgehead atoms. The Hall–Kier alpha value is -0.950. The van der Waals surface area contributed by atoms with Crippen molar-refractivity contribution in [3.63, 3.8) is 0 Å². The predicted octanol–water partition coefficient (Wildman–Crippen LogP) is 3.78. The van der Waals surface area contributed by atoms with Crippen molar-refractivity contribution in [1.82, 2.24) is 0 Å². The van der Waals surface area contributed by atoms with Crippen LogP contribution in [-0.2, 0) is 9.53 Å². The number of cyclic esters (lactones) is 1. The summed E-state index contributed by atoms with van der Waals surface area (Å²) in [7, 11) is 0. The van der Waals surface area contributed by atoms with E-state index in [4.69, 9.17) is 4.74 Å². The molecule has 0 aliphatic carbocycles. The molecule has 1 rings (SSSR count). The fourth-order valence-corrected chi connectivity index (χ4v) is 4.04. The summed E-state index contributed by atoms with van der Waals surface area (Å²) in [6.07, 6.45) is 12.8. The molecule has 1 aliphatic heterocycles. The molecule has 0 saturated heterocycles. The van der Waals surface area contributed by atoms with Crippen LogP contribution in [0.25, 0.3) is 0 Å². The van der Waals surface area contributed by atoms with Gasteiger partial charge in [0.1, 0.15) is 6.10 Å². The molecule has 0 unspecified atom stereocenters. The van der Waals surface area contributed by atoms with E-state index in [0.29, 0.717) is 12.8 Å². The maximum Gasteiger partial charge on any atom is 0.330 e. The molecule has 1 aliphatic rings. The lowest BCUT2D eigenvalue weighted by Crippen LogP contribution is -2.24. The fourth-order valence-electron chi connectivity index (χ4n) is 4.04. The van der Waals surface area contributed by atoms with E-state index in [1.807, 2.05) is 0 Å². The van der Waals surface area contributed by atoms with Gasteiger partial charge in [-0.3, -0.25) is 0 Å². The molecule has 176 valence electrons. The first kappa shape index (κ1) is 27.1. The van der Waals surface area contributed by atoms with E-state index in [1.54, 1.807) is 6.92 Å². The average molecular weight is 429 g/mol. The van der Waals surface area contributed by atoms with Crippen LogP contribution in [0.2, 0.25) is 0 Å². The van der Waals surface area contributed by atoms with Crippen molar-refractivity contribution in [2.45, 2.75) is 134 Å². The molecule has 30 heavy (non-hydrogen) atoms. The van der Waals surface area contributed by atoms with E-state index in [2.05, 4.69) is 0 Å². The second kappa shape index (κ2) is 16.7. The summed E-state index contributed by atoms with van der Waals surface area (Å²) in [6, 6.07) is 0. The van der Waals surface area contributed by atoms with E-state index in [-0.39, 0.29) is 19.3 Å². The Morgan fingerprint density at radius 2 is 1.17 bits per heavy atom. The predicted molar refractivity (Wildman–Crippen MR) is 118 cm³/mol. The summed E-state index contributed by atoms with van der Waals surface area (Å²) in [4.78, 5) is 11.9. The molecule has 0 aromatic rings. The highest BCUT2D eigenvalue weighted by Gasteiger charge is 2.17. The molecule has 0 fully saturated rings. The number of hydrogen-bond donors (Lipinski definition) is 4. The van der Waals surface area contributed by atoms with Crippen molar-refractivity contribution in [1.29, 1.82) is 0 Å². The lowest BCUT2D eigenvalue weighted by molar-refractivity contribution is -0.143. The van der Waals surface area contributed by atoms with E-state index in [0.717, 1.165) is 25.7 Å². The minimum absolute atomic E-state index is 0.204. The molecule has 0 spiro atoms. The monoisotopic (exact) mass is 428 g/mol. The van der Waals surface area contributed by atoms with Gasteiger partial charge in [0.25, 0.3) is 0 Å². The van der Waals surface area contributed by atoms with Crippen molar-refractivity contribution in [2.75, 3.05) is 0 Å². The Morgan fingerprint density at radius 1 is 0.700 bits per heavy atom. The largest absolute Gasteiger partial charge is 0.459 e. The zero-order chi connectivity index (χ0) is 22.2. The number of carbonyl (C=O) groups is 1. The Balaban J connectivity index is 2.49. The first-order valence-corrected chi connectivity index (χ1v) is 12.0. The summed E-state index contributed by atoms with van der Waals surface area (Å²) in [5.41, 5.74) is 0. The molecule has 0 aromatic heterocycles. The number of aliphatic hydroxyl groups excluding tert-OH is 4. The van der Waals surface area contributed by atoms with Crippen LogP contribution < -0.4 is 0 Å². The molecule has 0 radical (unpaired) electrons. The van der Waals surface area contributed by atoms with E-state index in [1.165, 1.54) is 50.7 Å². The van der Waals surface area contributed by atoms with Crippen LogP contribution in [0.1, 0.15) is 103 Å². The third kappa shape index (κ3) is 14.9. The summed E-state index contributed by atoms with van der Waals surface area (Å²) >= 11 is 0. The minimum atomic E-state index is -0.894. The van der Waals surface area contributed by atoms with Gasteiger partial charge < -0.3 is 25.2 Å².